The van der Waals surface area contributed by atoms with E-state index in [-0.39, 0.29) is 12.6 Å². The molecule has 4 nitrogen and oxygen atoms in total. The zero-order chi connectivity index (χ0) is 12.2. The number of hydrogen-bond donors (Lipinski definition) is 1. The Balaban J connectivity index is 2.33. The number of carbonyl (C=O) groups is 1. The van der Waals surface area contributed by atoms with E-state index in [0.717, 1.165) is 11.4 Å². The summed E-state index contributed by atoms with van der Waals surface area (Å²) in [4.78, 5) is 12.2. The number of ether oxygens (including phenoxy) is 1. The molecule has 0 bridgehead atoms. The lowest BCUT2D eigenvalue weighted by Crippen LogP contribution is -2.46. The van der Waals surface area contributed by atoms with Gasteiger partial charge in [-0.05, 0) is 0 Å². The fourth-order valence-corrected chi connectivity index (χ4v) is 1.45. The second kappa shape index (κ2) is 5.49. The quantitative estimate of drug-likeness (QED) is 0.775. The highest BCUT2D eigenvalue weighted by Crippen LogP contribution is 2.20. The van der Waals surface area contributed by atoms with Gasteiger partial charge in [0.25, 0.3) is 0 Å². The second-order valence-corrected chi connectivity index (χ2v) is 3.76. The molecule has 16 heavy (non-hydrogen) atoms. The van der Waals surface area contributed by atoms with Gasteiger partial charge in [-0.1, -0.05) is 0 Å². The summed E-state index contributed by atoms with van der Waals surface area (Å²) in [5.74, 6) is -0.929. The number of hydrogen-bond acceptors (Lipinski definition) is 3. The molecule has 0 aromatic rings. The fraction of sp³-hybridized carbons (Fsp3) is 0.889. The Morgan fingerprint density at radius 2 is 2.25 bits per heavy atom. The van der Waals surface area contributed by atoms with Crippen LogP contribution in [0, 0.1) is 0 Å². The highest BCUT2D eigenvalue weighted by atomic mass is 19.4. The number of nitrogens with zero attached hydrogens (tertiary/aromatic N) is 1. The summed E-state index contributed by atoms with van der Waals surface area (Å²) in [7, 11) is 1.35. The average molecular weight is 240 g/mol. The number of alkyl halides is 3. The molecule has 1 saturated heterocycles. The molecule has 0 aromatic carbocycles. The Morgan fingerprint density at radius 3 is 2.75 bits per heavy atom. The van der Waals surface area contributed by atoms with E-state index in [4.69, 9.17) is 4.74 Å². The van der Waals surface area contributed by atoms with Gasteiger partial charge >= 0.3 is 6.18 Å². The number of nitrogens with one attached hydrogen (secondary N) is 1. The lowest BCUT2D eigenvalue weighted by atomic mass is 10.2. The molecule has 1 heterocycles. The van der Waals surface area contributed by atoms with E-state index in [1.54, 1.807) is 0 Å². The normalized spacial score (nSPS) is 21.9. The van der Waals surface area contributed by atoms with Crippen LogP contribution in [0.15, 0.2) is 0 Å². The molecule has 1 amide bonds. The van der Waals surface area contributed by atoms with E-state index in [0.29, 0.717) is 13.2 Å². The summed E-state index contributed by atoms with van der Waals surface area (Å²) in [6.07, 6.45) is -6.09. The van der Waals surface area contributed by atoms with E-state index in [1.807, 2.05) is 0 Å². The van der Waals surface area contributed by atoms with Crippen molar-refractivity contribution in [3.63, 3.8) is 0 Å². The molecule has 0 spiro atoms. The lowest BCUT2D eigenvalue weighted by molar-refractivity contribution is -0.161. The smallest absolute Gasteiger partial charge is 0.374 e. The van der Waals surface area contributed by atoms with Crippen LogP contribution in [0.3, 0.4) is 0 Å². The predicted molar refractivity (Wildman–Crippen MR) is 50.9 cm³/mol. The van der Waals surface area contributed by atoms with Gasteiger partial charge in [0.1, 0.15) is 6.42 Å². The van der Waals surface area contributed by atoms with Crippen LogP contribution < -0.4 is 5.32 Å². The predicted octanol–water partition coefficient (Wildman–Crippen LogP) is 0.386. The molecule has 1 aliphatic rings. The van der Waals surface area contributed by atoms with E-state index in [1.165, 1.54) is 7.05 Å². The topological polar surface area (TPSA) is 41.6 Å². The molecule has 1 fully saturated rings. The number of morpholine rings is 1. The largest absolute Gasteiger partial charge is 0.397 e. The van der Waals surface area contributed by atoms with Gasteiger partial charge in [-0.25, -0.2) is 0 Å². The van der Waals surface area contributed by atoms with Gasteiger partial charge in [-0.3, -0.25) is 4.79 Å². The lowest BCUT2D eigenvalue weighted by Gasteiger charge is -2.28. The molecule has 0 aromatic heterocycles. The van der Waals surface area contributed by atoms with E-state index >= 15 is 0 Å². The summed E-state index contributed by atoms with van der Waals surface area (Å²) in [5.41, 5.74) is 0. The van der Waals surface area contributed by atoms with Crippen molar-refractivity contribution in [2.24, 2.45) is 0 Å². The van der Waals surface area contributed by atoms with Crippen molar-refractivity contribution in [1.82, 2.24) is 10.2 Å². The summed E-state index contributed by atoms with van der Waals surface area (Å²) < 4.78 is 41.2. The fourth-order valence-electron chi connectivity index (χ4n) is 1.45. The average Bonchev–Trinajstić information content (AvgIpc) is 2.16. The third-order valence-electron chi connectivity index (χ3n) is 2.26. The Labute approximate surface area is 91.7 Å². The summed E-state index contributed by atoms with van der Waals surface area (Å²) in [6, 6.07) is 0. The first-order valence-electron chi connectivity index (χ1n) is 5.01. The number of amides is 1. The number of carbonyl (C=O) groups excluding carboxylic acids is 1. The maximum Gasteiger partial charge on any atom is 0.397 e. The minimum absolute atomic E-state index is 0.182. The molecule has 1 N–H and O–H groups in total. The molecule has 1 atom stereocenters. The van der Waals surface area contributed by atoms with Crippen LogP contribution in [-0.4, -0.2) is 56.4 Å². The van der Waals surface area contributed by atoms with Crippen molar-refractivity contribution in [2.75, 3.05) is 33.3 Å². The first kappa shape index (κ1) is 13.2. The van der Waals surface area contributed by atoms with E-state index in [9.17, 15) is 18.0 Å². The van der Waals surface area contributed by atoms with Crippen LogP contribution in [0.25, 0.3) is 0 Å². The summed E-state index contributed by atoms with van der Waals surface area (Å²) in [5, 5.41) is 3.04. The monoisotopic (exact) mass is 240 g/mol. The van der Waals surface area contributed by atoms with Crippen LogP contribution in [-0.2, 0) is 9.53 Å². The van der Waals surface area contributed by atoms with Crippen LogP contribution in [0.5, 0.6) is 0 Å². The standard InChI is InChI=1S/C9H15F3N2O2/c1-14(8(15)4-9(10,11)12)6-7-5-13-2-3-16-7/h7,13H,2-6H2,1H3. The van der Waals surface area contributed by atoms with Crippen molar-refractivity contribution in [1.29, 1.82) is 0 Å². The minimum atomic E-state index is -4.45. The van der Waals surface area contributed by atoms with Gasteiger partial charge in [0.15, 0.2) is 0 Å². The van der Waals surface area contributed by atoms with E-state index < -0.39 is 18.5 Å². The number of rotatable bonds is 3. The van der Waals surface area contributed by atoms with Crippen molar-refractivity contribution in [3.8, 4) is 0 Å². The maximum atomic E-state index is 12.0. The Hall–Kier alpha value is -0.820. The molecular formula is C9H15F3N2O2. The summed E-state index contributed by atoms with van der Waals surface area (Å²) >= 11 is 0. The molecular weight excluding hydrogens is 225 g/mol. The third-order valence-corrected chi connectivity index (χ3v) is 2.26. The van der Waals surface area contributed by atoms with Crippen molar-refractivity contribution in [2.45, 2.75) is 18.7 Å². The number of halogens is 3. The minimum Gasteiger partial charge on any atom is -0.374 e. The molecule has 0 saturated carbocycles. The SMILES string of the molecule is CN(CC1CNCCO1)C(=O)CC(F)(F)F. The van der Waals surface area contributed by atoms with Gasteiger partial charge in [-0.2, -0.15) is 13.2 Å². The van der Waals surface area contributed by atoms with E-state index in [2.05, 4.69) is 5.32 Å². The zero-order valence-electron chi connectivity index (χ0n) is 9.01. The molecule has 1 rings (SSSR count). The van der Waals surface area contributed by atoms with Gasteiger partial charge in [0.2, 0.25) is 5.91 Å². The van der Waals surface area contributed by atoms with Gasteiger partial charge in [-0.15, -0.1) is 0 Å². The zero-order valence-corrected chi connectivity index (χ0v) is 9.01. The van der Waals surface area contributed by atoms with Crippen molar-refractivity contribution >= 4 is 5.91 Å². The van der Waals surface area contributed by atoms with Gasteiger partial charge in [0.05, 0.1) is 12.7 Å². The maximum absolute atomic E-state index is 12.0. The highest BCUT2D eigenvalue weighted by molar-refractivity contribution is 5.76. The molecule has 0 radical (unpaired) electrons. The van der Waals surface area contributed by atoms with Crippen LogP contribution in [0.2, 0.25) is 0 Å². The van der Waals surface area contributed by atoms with Crippen LogP contribution in [0.4, 0.5) is 13.2 Å². The Kier molecular flexibility index (Phi) is 4.55. The second-order valence-electron chi connectivity index (χ2n) is 3.76. The van der Waals surface area contributed by atoms with Gasteiger partial charge < -0.3 is 15.0 Å². The van der Waals surface area contributed by atoms with Crippen molar-refractivity contribution < 1.29 is 22.7 Å². The molecule has 1 aliphatic heterocycles. The first-order chi connectivity index (χ1) is 7.38. The molecule has 0 aliphatic carbocycles. The van der Waals surface area contributed by atoms with Crippen LogP contribution in [0.1, 0.15) is 6.42 Å². The highest BCUT2D eigenvalue weighted by Gasteiger charge is 2.33. The molecule has 94 valence electrons. The first-order valence-corrected chi connectivity index (χ1v) is 5.01. The molecule has 7 heteroatoms. The number of likely N-dealkylation sites (N-methyl/N-ethyl adjacent to an activating group) is 1. The Morgan fingerprint density at radius 1 is 1.56 bits per heavy atom. The van der Waals surface area contributed by atoms with Crippen LogP contribution >= 0.6 is 0 Å². The third kappa shape index (κ3) is 4.80. The van der Waals surface area contributed by atoms with Gasteiger partial charge in [0, 0.05) is 26.7 Å². The Bertz CT molecular complexity index is 239. The molecule has 1 unspecified atom stereocenters. The van der Waals surface area contributed by atoms with Crippen molar-refractivity contribution in [3.05, 3.63) is 0 Å². The summed E-state index contributed by atoms with van der Waals surface area (Å²) in [6.45, 7) is 1.99.